The van der Waals surface area contributed by atoms with Gasteiger partial charge in [0.25, 0.3) is 5.91 Å². The fourth-order valence-corrected chi connectivity index (χ4v) is 5.98. The number of nitrogens with two attached hydrogens (primary N) is 1. The summed E-state index contributed by atoms with van der Waals surface area (Å²) in [4.78, 5) is 33.5. The van der Waals surface area contributed by atoms with E-state index in [1.165, 1.54) is 12.1 Å². The average molecular weight is 489 g/mol. The van der Waals surface area contributed by atoms with Crippen LogP contribution in [-0.2, 0) is 6.54 Å². The van der Waals surface area contributed by atoms with Crippen molar-refractivity contribution in [3.63, 3.8) is 0 Å². The highest BCUT2D eigenvalue weighted by Crippen LogP contribution is 2.44. The van der Waals surface area contributed by atoms with Gasteiger partial charge in [0.2, 0.25) is 0 Å². The van der Waals surface area contributed by atoms with Crippen molar-refractivity contribution in [3.05, 3.63) is 41.5 Å². The van der Waals surface area contributed by atoms with E-state index in [2.05, 4.69) is 25.2 Å². The number of hydrogen-bond acceptors (Lipinski definition) is 8. The largest absolute Gasteiger partial charge is 0.423 e. The van der Waals surface area contributed by atoms with Crippen molar-refractivity contribution < 1.29 is 13.9 Å². The molecule has 4 aromatic rings. The zero-order valence-electron chi connectivity index (χ0n) is 19.9. The molecule has 1 saturated heterocycles. The Kier molecular flexibility index (Phi) is 4.44. The van der Waals surface area contributed by atoms with Crippen LogP contribution >= 0.6 is 0 Å². The minimum atomic E-state index is -0.345. The molecule has 5 heterocycles. The fourth-order valence-electron chi connectivity index (χ4n) is 5.98. The molecule has 3 atom stereocenters. The highest BCUT2D eigenvalue weighted by Gasteiger charge is 2.44. The molecule has 0 spiro atoms. The first-order valence-electron chi connectivity index (χ1n) is 12.0. The van der Waals surface area contributed by atoms with Crippen LogP contribution in [0.3, 0.4) is 0 Å². The third-order valence-corrected chi connectivity index (χ3v) is 7.74. The maximum absolute atomic E-state index is 14.5. The molecule has 2 aliphatic heterocycles. The zero-order chi connectivity index (χ0) is 24.7. The van der Waals surface area contributed by atoms with Gasteiger partial charge < -0.3 is 30.6 Å². The number of nitrogens with one attached hydrogen (secondary N) is 2. The van der Waals surface area contributed by atoms with Gasteiger partial charge >= 0.3 is 6.01 Å². The number of carbonyl (C=O) groups is 1. The number of aromatic amines is 1. The van der Waals surface area contributed by atoms with Crippen molar-refractivity contribution in [2.45, 2.75) is 31.5 Å². The van der Waals surface area contributed by atoms with E-state index in [4.69, 9.17) is 15.5 Å². The molecule has 1 aromatic carbocycles. The monoisotopic (exact) mass is 488 g/mol. The molecular weight excluding hydrogens is 463 g/mol. The molecule has 1 unspecified atom stereocenters. The molecule has 4 N–H and O–H groups in total. The number of anilines is 2. The summed E-state index contributed by atoms with van der Waals surface area (Å²) in [5.74, 6) is 1.02. The third-order valence-electron chi connectivity index (χ3n) is 7.74. The number of nitrogens with zero attached hydrogens (tertiary/aromatic N) is 5. The Balaban J connectivity index is 1.38. The third kappa shape index (κ3) is 3.05. The summed E-state index contributed by atoms with van der Waals surface area (Å²) in [5, 5.41) is 4.51. The molecule has 1 amide bonds. The molecule has 3 aliphatic rings. The summed E-state index contributed by atoms with van der Waals surface area (Å²) in [6.45, 7) is 1.25. The second-order valence-electron chi connectivity index (χ2n) is 9.93. The Bertz CT molecular complexity index is 1570. The van der Waals surface area contributed by atoms with E-state index in [0.717, 1.165) is 30.3 Å². The molecule has 7 rings (SSSR count). The lowest BCUT2D eigenvalue weighted by molar-refractivity contribution is 0.0816. The van der Waals surface area contributed by atoms with Crippen LogP contribution in [0.2, 0.25) is 0 Å². The van der Waals surface area contributed by atoms with Crippen molar-refractivity contribution in [1.82, 2.24) is 24.8 Å². The number of ether oxygens (including phenoxy) is 1. The van der Waals surface area contributed by atoms with E-state index in [1.54, 1.807) is 31.3 Å². The van der Waals surface area contributed by atoms with Gasteiger partial charge in [0.1, 0.15) is 23.0 Å². The van der Waals surface area contributed by atoms with Crippen molar-refractivity contribution in [2.75, 3.05) is 30.9 Å². The van der Waals surface area contributed by atoms with Crippen LogP contribution in [-0.4, -0.2) is 63.5 Å². The van der Waals surface area contributed by atoms with Crippen LogP contribution in [0, 0.1) is 11.7 Å². The molecule has 0 radical (unpaired) electrons. The molecule has 184 valence electrons. The smallest absolute Gasteiger partial charge is 0.326 e. The quantitative estimate of drug-likeness (QED) is 0.400. The number of aromatic nitrogens is 4. The van der Waals surface area contributed by atoms with E-state index >= 15 is 0 Å². The van der Waals surface area contributed by atoms with E-state index < -0.39 is 0 Å². The van der Waals surface area contributed by atoms with Gasteiger partial charge in [-0.2, -0.15) is 9.97 Å². The van der Waals surface area contributed by atoms with E-state index in [9.17, 15) is 9.18 Å². The Hall–Kier alpha value is -3.99. The summed E-state index contributed by atoms with van der Waals surface area (Å²) < 4.78 is 20.6. The molecule has 2 bridgehead atoms. The fraction of sp³-hybridized carbons (Fsp3) is 0.360. The highest BCUT2D eigenvalue weighted by atomic mass is 19.1. The van der Waals surface area contributed by atoms with Crippen LogP contribution < -0.4 is 20.7 Å². The number of carbonyl (C=O) groups excluding carboxylic acids is 1. The summed E-state index contributed by atoms with van der Waals surface area (Å²) in [6.07, 6.45) is 3.47. The molecule has 36 heavy (non-hydrogen) atoms. The molecule has 10 nitrogen and oxygen atoms in total. The number of amides is 1. The van der Waals surface area contributed by atoms with Crippen LogP contribution in [0.5, 0.6) is 11.8 Å². The maximum Gasteiger partial charge on any atom is 0.326 e. The second kappa shape index (κ2) is 7.50. The lowest BCUT2D eigenvalue weighted by Crippen LogP contribution is -2.41. The van der Waals surface area contributed by atoms with Crippen LogP contribution in [0.25, 0.3) is 21.9 Å². The first kappa shape index (κ1) is 21.3. The number of pyridine rings is 1. The van der Waals surface area contributed by atoms with Gasteiger partial charge in [-0.1, -0.05) is 0 Å². The van der Waals surface area contributed by atoms with Gasteiger partial charge in [-0.25, -0.2) is 4.39 Å². The lowest BCUT2D eigenvalue weighted by Gasteiger charge is -2.31. The normalized spacial score (nSPS) is 22.8. The van der Waals surface area contributed by atoms with Crippen LogP contribution in [0.4, 0.5) is 15.9 Å². The average Bonchev–Trinajstić information content (AvgIpc) is 3.60. The van der Waals surface area contributed by atoms with Crippen molar-refractivity contribution in [3.8, 4) is 11.8 Å². The highest BCUT2D eigenvalue weighted by molar-refractivity contribution is 6.14. The van der Waals surface area contributed by atoms with Gasteiger partial charge in [0.15, 0.2) is 0 Å². The predicted octanol–water partition coefficient (Wildman–Crippen LogP) is 2.99. The van der Waals surface area contributed by atoms with Crippen molar-refractivity contribution >= 4 is 39.3 Å². The number of hydrogen-bond donors (Lipinski definition) is 3. The Morgan fingerprint density at radius 3 is 2.86 bits per heavy atom. The lowest BCUT2D eigenvalue weighted by atomic mass is 10.0. The van der Waals surface area contributed by atoms with E-state index in [0.29, 0.717) is 52.0 Å². The van der Waals surface area contributed by atoms with Crippen molar-refractivity contribution in [1.29, 1.82) is 0 Å². The SMILES string of the molecule is CNc1cc(F)cc2c1[nH]c1nc(Oc3cnc4c(c3)C(=O)N(C)C4)nc(N3C[C@H]4CC3C[C@H]4N)c12. The second-order valence-corrected chi connectivity index (χ2v) is 9.93. The predicted molar refractivity (Wildman–Crippen MR) is 133 cm³/mol. The number of H-pyrrole nitrogens is 1. The van der Waals surface area contributed by atoms with E-state index in [-0.39, 0.29) is 29.8 Å². The summed E-state index contributed by atoms with van der Waals surface area (Å²) in [5.41, 5.74) is 9.47. The molecule has 2 fully saturated rings. The Morgan fingerprint density at radius 1 is 1.25 bits per heavy atom. The van der Waals surface area contributed by atoms with Gasteiger partial charge in [-0.3, -0.25) is 9.78 Å². The minimum absolute atomic E-state index is 0.0957. The first-order chi connectivity index (χ1) is 17.4. The van der Waals surface area contributed by atoms with Crippen LogP contribution in [0.15, 0.2) is 24.4 Å². The Morgan fingerprint density at radius 2 is 2.11 bits per heavy atom. The first-order valence-corrected chi connectivity index (χ1v) is 12.0. The molecule has 3 aromatic heterocycles. The molecule has 1 saturated carbocycles. The summed E-state index contributed by atoms with van der Waals surface area (Å²) in [6, 6.07) is 5.20. The molecule has 1 aliphatic carbocycles. The standard InChI is InChI=1S/C25H25FN8O2/c1-28-18-5-12(26)4-16-20-22(30-21(16)18)31-25(32-23(20)34-9-11-3-13(34)6-17(11)27)36-14-7-15-19(29-8-14)10-33(2)24(15)35/h4-5,7-8,11,13,17,28H,3,6,9-10,27H2,1-2H3,(H,30,31,32)/t11-,13?,17-/m1/s1. The summed E-state index contributed by atoms with van der Waals surface area (Å²) >= 11 is 0. The van der Waals surface area contributed by atoms with E-state index in [1.807, 2.05) is 0 Å². The minimum Gasteiger partial charge on any atom is -0.423 e. The maximum atomic E-state index is 14.5. The molecular formula is C25H25FN8O2. The number of halogens is 1. The number of fused-ring (bicyclic) bond motifs is 6. The number of rotatable bonds is 4. The van der Waals surface area contributed by atoms with Gasteiger partial charge in [0, 0.05) is 38.1 Å². The number of piperidine rings is 1. The topological polar surface area (TPSA) is 125 Å². The zero-order valence-corrected chi connectivity index (χ0v) is 19.9. The number of benzene rings is 1. The van der Waals surface area contributed by atoms with Crippen LogP contribution in [0.1, 0.15) is 28.9 Å². The molecule has 11 heteroatoms. The summed E-state index contributed by atoms with van der Waals surface area (Å²) in [7, 11) is 3.49. The van der Waals surface area contributed by atoms with Gasteiger partial charge in [0.05, 0.1) is 40.6 Å². The van der Waals surface area contributed by atoms with Crippen molar-refractivity contribution in [2.24, 2.45) is 11.7 Å². The Labute approximate surface area is 205 Å². The van der Waals surface area contributed by atoms with Gasteiger partial charge in [-0.05, 0) is 37.0 Å². The van der Waals surface area contributed by atoms with Gasteiger partial charge in [-0.15, -0.1) is 0 Å².